The Kier molecular flexibility index (Phi) is 3.98. The van der Waals surface area contributed by atoms with E-state index in [4.69, 9.17) is 5.73 Å². The lowest BCUT2D eigenvalue weighted by Crippen LogP contribution is -2.29. The molecule has 0 radical (unpaired) electrons. The van der Waals surface area contributed by atoms with E-state index in [1.165, 1.54) is 28.9 Å². The normalized spacial score (nSPS) is 13.7. The number of hydrogen-bond donors (Lipinski definition) is 2. The molecule has 0 aliphatic heterocycles. The number of nitrogens with one attached hydrogen (secondary N) is 1. The number of carbonyl (C=O) groups excluding carboxylic acids is 1. The number of hydrogen-bond acceptors (Lipinski definition) is 5. The molecule has 3 aromatic rings. The van der Waals surface area contributed by atoms with Crippen LogP contribution in [0.2, 0.25) is 0 Å². The highest BCUT2D eigenvalue weighted by Gasteiger charge is 2.28. The summed E-state index contributed by atoms with van der Waals surface area (Å²) in [5.41, 5.74) is 6.87. The minimum Gasteiger partial charge on any atom is -0.369 e. The van der Waals surface area contributed by atoms with Crippen LogP contribution in [0.1, 0.15) is 23.0 Å². The number of fused-ring (bicyclic) bond motifs is 1. The maximum atomic E-state index is 12.4. The first-order valence-corrected chi connectivity index (χ1v) is 8.53. The smallest absolute Gasteiger partial charge is 0.328 e. The molecule has 9 heteroatoms. The van der Waals surface area contributed by atoms with Crippen LogP contribution in [0.25, 0.3) is 11.4 Å². The largest absolute Gasteiger partial charge is 0.369 e. The van der Waals surface area contributed by atoms with Gasteiger partial charge in [0.15, 0.2) is 11.6 Å². The predicted molar refractivity (Wildman–Crippen MR) is 97.1 cm³/mol. The third-order valence-corrected chi connectivity index (χ3v) is 4.73. The predicted octanol–water partition coefficient (Wildman–Crippen LogP) is -0.300. The number of aryl methyl sites for hydroxylation is 1. The molecule has 4 rings (SSSR count). The number of carbonyl (C=O) groups is 1. The summed E-state index contributed by atoms with van der Waals surface area (Å²) >= 11 is 0. The Hall–Kier alpha value is -3.49. The second kappa shape index (κ2) is 6.35. The SMILES string of the molecule is Cn1cc(-c2nc(CC(N)=O)nn2C2Cc3ccccc3C2)c(=O)[nH]c1=O. The molecule has 1 aromatic carbocycles. The molecule has 9 nitrogen and oxygen atoms in total. The number of benzene rings is 1. The Bertz CT molecular complexity index is 1130. The monoisotopic (exact) mass is 366 g/mol. The third kappa shape index (κ3) is 3.07. The average molecular weight is 366 g/mol. The Labute approximate surface area is 153 Å². The second-order valence-corrected chi connectivity index (χ2v) is 6.68. The van der Waals surface area contributed by atoms with Gasteiger partial charge in [-0.3, -0.25) is 14.6 Å². The van der Waals surface area contributed by atoms with E-state index in [0.29, 0.717) is 5.82 Å². The molecular formula is C18H18N6O3. The van der Waals surface area contributed by atoms with E-state index in [-0.39, 0.29) is 23.9 Å². The molecule has 3 N–H and O–H groups in total. The molecule has 138 valence electrons. The van der Waals surface area contributed by atoms with Gasteiger partial charge in [0.1, 0.15) is 5.56 Å². The average Bonchev–Trinajstić information content (AvgIpc) is 3.21. The van der Waals surface area contributed by atoms with E-state index in [0.717, 1.165) is 12.8 Å². The summed E-state index contributed by atoms with van der Waals surface area (Å²) in [6.07, 6.45) is 2.79. The van der Waals surface area contributed by atoms with Gasteiger partial charge in [-0.1, -0.05) is 24.3 Å². The van der Waals surface area contributed by atoms with Crippen molar-refractivity contribution < 1.29 is 4.79 Å². The number of H-pyrrole nitrogens is 1. The fourth-order valence-electron chi connectivity index (χ4n) is 3.47. The van der Waals surface area contributed by atoms with Gasteiger partial charge in [0.25, 0.3) is 5.56 Å². The molecule has 27 heavy (non-hydrogen) atoms. The van der Waals surface area contributed by atoms with Gasteiger partial charge in [-0.25, -0.2) is 14.5 Å². The minimum atomic E-state index is -0.553. The molecule has 2 heterocycles. The highest BCUT2D eigenvalue weighted by Crippen LogP contribution is 2.31. The number of aromatic nitrogens is 5. The Morgan fingerprint density at radius 1 is 1.26 bits per heavy atom. The Balaban J connectivity index is 1.83. The van der Waals surface area contributed by atoms with Gasteiger partial charge < -0.3 is 10.3 Å². The zero-order valence-electron chi connectivity index (χ0n) is 14.7. The number of nitrogens with zero attached hydrogens (tertiary/aromatic N) is 4. The molecule has 1 aliphatic rings. The second-order valence-electron chi connectivity index (χ2n) is 6.68. The van der Waals surface area contributed by atoms with Crippen LogP contribution < -0.4 is 17.0 Å². The van der Waals surface area contributed by atoms with Crippen molar-refractivity contribution in [2.24, 2.45) is 12.8 Å². The number of amides is 1. The van der Waals surface area contributed by atoms with E-state index in [2.05, 4.69) is 27.2 Å². The van der Waals surface area contributed by atoms with Crippen molar-refractivity contribution in [1.82, 2.24) is 24.3 Å². The van der Waals surface area contributed by atoms with Crippen LogP contribution in [-0.2, 0) is 31.1 Å². The summed E-state index contributed by atoms with van der Waals surface area (Å²) in [4.78, 5) is 42.0. The van der Waals surface area contributed by atoms with Crippen LogP contribution in [0, 0.1) is 0 Å². The van der Waals surface area contributed by atoms with Gasteiger partial charge in [0.2, 0.25) is 5.91 Å². The molecular weight excluding hydrogens is 348 g/mol. The molecule has 0 bridgehead atoms. The maximum absolute atomic E-state index is 12.4. The van der Waals surface area contributed by atoms with Crippen molar-refractivity contribution in [2.75, 3.05) is 0 Å². The molecule has 0 atom stereocenters. The lowest BCUT2D eigenvalue weighted by Gasteiger charge is -2.13. The first kappa shape index (κ1) is 17.0. The lowest BCUT2D eigenvalue weighted by atomic mass is 10.1. The van der Waals surface area contributed by atoms with Crippen LogP contribution in [0.15, 0.2) is 40.1 Å². The zero-order chi connectivity index (χ0) is 19.1. The van der Waals surface area contributed by atoms with Gasteiger partial charge >= 0.3 is 5.69 Å². The van der Waals surface area contributed by atoms with Gasteiger partial charge in [-0.05, 0) is 24.0 Å². The Morgan fingerprint density at radius 3 is 2.56 bits per heavy atom. The molecule has 0 spiro atoms. The Morgan fingerprint density at radius 2 is 1.93 bits per heavy atom. The van der Waals surface area contributed by atoms with Crippen molar-refractivity contribution in [3.05, 3.63) is 68.3 Å². The number of aromatic amines is 1. The number of primary amides is 1. The molecule has 0 saturated heterocycles. The van der Waals surface area contributed by atoms with E-state index in [1.54, 1.807) is 4.68 Å². The van der Waals surface area contributed by atoms with Gasteiger partial charge in [0, 0.05) is 13.2 Å². The molecule has 1 amide bonds. The topological polar surface area (TPSA) is 129 Å². The summed E-state index contributed by atoms with van der Waals surface area (Å²) in [6.45, 7) is 0. The molecule has 0 fully saturated rings. The lowest BCUT2D eigenvalue weighted by molar-refractivity contribution is -0.117. The van der Waals surface area contributed by atoms with E-state index in [1.807, 2.05) is 12.1 Å². The van der Waals surface area contributed by atoms with Gasteiger partial charge in [-0.2, -0.15) is 5.10 Å². The molecule has 0 saturated carbocycles. The highest BCUT2D eigenvalue weighted by atomic mass is 16.2. The first-order chi connectivity index (χ1) is 12.9. The van der Waals surface area contributed by atoms with Gasteiger partial charge in [0.05, 0.1) is 12.5 Å². The zero-order valence-corrected chi connectivity index (χ0v) is 14.7. The van der Waals surface area contributed by atoms with E-state index in [9.17, 15) is 14.4 Å². The van der Waals surface area contributed by atoms with Crippen molar-refractivity contribution >= 4 is 5.91 Å². The fourth-order valence-corrected chi connectivity index (χ4v) is 3.47. The number of nitrogens with two attached hydrogens (primary N) is 1. The molecule has 2 aromatic heterocycles. The van der Waals surface area contributed by atoms with Crippen molar-refractivity contribution in [3.8, 4) is 11.4 Å². The highest BCUT2D eigenvalue weighted by molar-refractivity contribution is 5.75. The fraction of sp³-hybridized carbons (Fsp3) is 0.278. The van der Waals surface area contributed by atoms with E-state index < -0.39 is 17.2 Å². The first-order valence-electron chi connectivity index (χ1n) is 8.53. The van der Waals surface area contributed by atoms with Gasteiger partial charge in [-0.15, -0.1) is 0 Å². The summed E-state index contributed by atoms with van der Waals surface area (Å²) in [5, 5.41) is 4.45. The third-order valence-electron chi connectivity index (χ3n) is 4.73. The van der Waals surface area contributed by atoms with Crippen LogP contribution in [-0.4, -0.2) is 30.2 Å². The summed E-state index contributed by atoms with van der Waals surface area (Å²) in [6, 6.07) is 8.06. The van der Waals surface area contributed by atoms with Crippen molar-refractivity contribution in [2.45, 2.75) is 25.3 Å². The van der Waals surface area contributed by atoms with Crippen LogP contribution in [0.3, 0.4) is 0 Å². The summed E-state index contributed by atoms with van der Waals surface area (Å²) in [7, 11) is 1.54. The molecule has 0 unspecified atom stereocenters. The minimum absolute atomic E-state index is 0.0387. The standard InChI is InChI=1S/C18H18N6O3/c1-23-9-13(17(26)21-18(23)27)16-20-15(8-14(19)25)22-24(16)12-6-10-4-2-3-5-11(10)7-12/h2-5,9,12H,6-8H2,1H3,(H2,19,25)(H,21,26,27). The van der Waals surface area contributed by atoms with Crippen LogP contribution in [0.5, 0.6) is 0 Å². The maximum Gasteiger partial charge on any atom is 0.328 e. The quantitative estimate of drug-likeness (QED) is 0.655. The van der Waals surface area contributed by atoms with Crippen LogP contribution >= 0.6 is 0 Å². The van der Waals surface area contributed by atoms with Crippen molar-refractivity contribution in [3.63, 3.8) is 0 Å². The van der Waals surface area contributed by atoms with Crippen LogP contribution in [0.4, 0.5) is 0 Å². The summed E-state index contributed by atoms with van der Waals surface area (Å²) < 4.78 is 2.94. The van der Waals surface area contributed by atoms with Crippen molar-refractivity contribution in [1.29, 1.82) is 0 Å². The van der Waals surface area contributed by atoms with E-state index >= 15 is 0 Å². The summed E-state index contributed by atoms with van der Waals surface area (Å²) in [5.74, 6) is 0.0189. The number of rotatable bonds is 4. The molecule has 1 aliphatic carbocycles.